The summed E-state index contributed by atoms with van der Waals surface area (Å²) < 4.78 is 37.0. The number of anilines is 1. The van der Waals surface area contributed by atoms with Crippen molar-refractivity contribution in [3.05, 3.63) is 23.8 Å². The Hall–Kier alpha value is -1.28. The highest BCUT2D eigenvalue weighted by atomic mass is 79.9. The van der Waals surface area contributed by atoms with Crippen LogP contribution in [-0.4, -0.2) is 39.2 Å². The first-order valence-corrected chi connectivity index (χ1v) is 10.1. The lowest BCUT2D eigenvalue weighted by Crippen LogP contribution is -2.18. The van der Waals surface area contributed by atoms with Crippen molar-refractivity contribution < 1.29 is 22.7 Å². The van der Waals surface area contributed by atoms with Gasteiger partial charge in [0, 0.05) is 5.33 Å². The third-order valence-electron chi connectivity index (χ3n) is 3.39. The Morgan fingerprint density at radius 3 is 2.74 bits per heavy atom. The van der Waals surface area contributed by atoms with Gasteiger partial charge in [-0.05, 0) is 43.4 Å². The SMILES string of the molecule is COC(=O)c1ccc(NS(=O)(=O)CCCBr)c(OCC2CC2)c1. The van der Waals surface area contributed by atoms with Gasteiger partial charge in [0.15, 0.2) is 0 Å². The van der Waals surface area contributed by atoms with Crippen LogP contribution in [0.4, 0.5) is 5.69 Å². The van der Waals surface area contributed by atoms with Crippen molar-refractivity contribution in [2.75, 3.05) is 29.5 Å². The Balaban J connectivity index is 2.19. The molecule has 1 aromatic rings. The van der Waals surface area contributed by atoms with E-state index in [1.54, 1.807) is 0 Å². The molecule has 1 fully saturated rings. The van der Waals surface area contributed by atoms with E-state index in [1.165, 1.54) is 25.3 Å². The topological polar surface area (TPSA) is 81.7 Å². The predicted molar refractivity (Wildman–Crippen MR) is 91.8 cm³/mol. The van der Waals surface area contributed by atoms with Crippen LogP contribution in [0.5, 0.6) is 5.75 Å². The van der Waals surface area contributed by atoms with Gasteiger partial charge in [0.05, 0.1) is 30.7 Å². The first-order valence-electron chi connectivity index (χ1n) is 7.37. The van der Waals surface area contributed by atoms with Crippen LogP contribution in [0.1, 0.15) is 29.6 Å². The lowest BCUT2D eigenvalue weighted by atomic mass is 10.2. The zero-order valence-electron chi connectivity index (χ0n) is 12.9. The van der Waals surface area contributed by atoms with E-state index in [9.17, 15) is 13.2 Å². The van der Waals surface area contributed by atoms with Crippen molar-refractivity contribution in [3.63, 3.8) is 0 Å². The summed E-state index contributed by atoms with van der Waals surface area (Å²) in [6.07, 6.45) is 2.74. The van der Waals surface area contributed by atoms with Crippen LogP contribution in [-0.2, 0) is 14.8 Å². The molecule has 0 unspecified atom stereocenters. The molecule has 23 heavy (non-hydrogen) atoms. The van der Waals surface area contributed by atoms with Crippen LogP contribution in [0.25, 0.3) is 0 Å². The number of hydrogen-bond acceptors (Lipinski definition) is 5. The van der Waals surface area contributed by atoms with Gasteiger partial charge in [-0.3, -0.25) is 4.72 Å². The fourth-order valence-corrected chi connectivity index (χ4v) is 3.71. The fraction of sp³-hybridized carbons (Fsp3) is 0.533. The Morgan fingerprint density at radius 1 is 1.39 bits per heavy atom. The molecule has 2 rings (SSSR count). The predicted octanol–water partition coefficient (Wildman–Crippen LogP) is 2.79. The quantitative estimate of drug-likeness (QED) is 0.504. The minimum atomic E-state index is -3.46. The van der Waals surface area contributed by atoms with Crippen molar-refractivity contribution in [2.45, 2.75) is 19.3 Å². The van der Waals surface area contributed by atoms with Gasteiger partial charge in [-0.1, -0.05) is 15.9 Å². The van der Waals surface area contributed by atoms with Gasteiger partial charge in [0.25, 0.3) is 0 Å². The molecular weight excluding hydrogens is 386 g/mol. The number of carbonyl (C=O) groups excluding carboxylic acids is 1. The van der Waals surface area contributed by atoms with E-state index < -0.39 is 16.0 Å². The van der Waals surface area contributed by atoms with E-state index in [0.29, 0.717) is 41.3 Å². The summed E-state index contributed by atoms with van der Waals surface area (Å²) in [6.45, 7) is 0.515. The monoisotopic (exact) mass is 405 g/mol. The number of esters is 1. The summed E-state index contributed by atoms with van der Waals surface area (Å²) >= 11 is 3.21. The molecule has 0 radical (unpaired) electrons. The molecule has 1 saturated carbocycles. The number of rotatable bonds is 9. The van der Waals surface area contributed by atoms with Crippen LogP contribution < -0.4 is 9.46 Å². The van der Waals surface area contributed by atoms with E-state index in [2.05, 4.69) is 25.4 Å². The Bertz CT molecular complexity index is 658. The average Bonchev–Trinajstić information content (AvgIpc) is 3.35. The van der Waals surface area contributed by atoms with Crippen molar-refractivity contribution >= 4 is 37.6 Å². The highest BCUT2D eigenvalue weighted by Gasteiger charge is 2.23. The molecular formula is C15H20BrNO5S. The Labute approximate surface area is 144 Å². The molecule has 0 aromatic heterocycles. The van der Waals surface area contributed by atoms with Crippen molar-refractivity contribution in [3.8, 4) is 5.75 Å². The zero-order valence-corrected chi connectivity index (χ0v) is 15.3. The summed E-state index contributed by atoms with van der Waals surface area (Å²) in [5.41, 5.74) is 0.662. The molecule has 0 spiro atoms. The second-order valence-corrected chi connectivity index (χ2v) is 8.06. The molecule has 1 aliphatic carbocycles. The fourth-order valence-electron chi connectivity index (χ4n) is 1.93. The summed E-state index contributed by atoms with van der Waals surface area (Å²) in [4.78, 5) is 11.6. The summed E-state index contributed by atoms with van der Waals surface area (Å²) in [6, 6.07) is 4.55. The van der Waals surface area contributed by atoms with Gasteiger partial charge in [-0.2, -0.15) is 0 Å². The van der Waals surface area contributed by atoms with Crippen LogP contribution in [0.15, 0.2) is 18.2 Å². The number of nitrogens with one attached hydrogen (secondary N) is 1. The van der Waals surface area contributed by atoms with E-state index in [1.807, 2.05) is 0 Å². The first kappa shape index (κ1) is 18.1. The van der Waals surface area contributed by atoms with E-state index in [4.69, 9.17) is 4.74 Å². The largest absolute Gasteiger partial charge is 0.491 e. The van der Waals surface area contributed by atoms with Gasteiger partial charge < -0.3 is 9.47 Å². The second kappa shape index (κ2) is 8.01. The maximum absolute atomic E-state index is 12.1. The molecule has 8 heteroatoms. The molecule has 0 bridgehead atoms. The molecule has 0 saturated heterocycles. The molecule has 0 aliphatic heterocycles. The number of alkyl halides is 1. The molecule has 6 nitrogen and oxygen atoms in total. The van der Waals surface area contributed by atoms with Crippen LogP contribution in [0.2, 0.25) is 0 Å². The lowest BCUT2D eigenvalue weighted by molar-refractivity contribution is 0.0600. The molecule has 128 valence electrons. The zero-order chi connectivity index (χ0) is 16.9. The minimum Gasteiger partial charge on any atom is -0.491 e. The highest BCUT2D eigenvalue weighted by Crippen LogP contribution is 2.33. The maximum Gasteiger partial charge on any atom is 0.337 e. The van der Waals surface area contributed by atoms with Gasteiger partial charge in [0.1, 0.15) is 5.75 Å². The van der Waals surface area contributed by atoms with E-state index in [-0.39, 0.29) is 5.75 Å². The molecule has 0 heterocycles. The van der Waals surface area contributed by atoms with E-state index in [0.717, 1.165) is 12.8 Å². The highest BCUT2D eigenvalue weighted by molar-refractivity contribution is 9.09. The smallest absolute Gasteiger partial charge is 0.337 e. The number of carbonyl (C=O) groups is 1. The van der Waals surface area contributed by atoms with Crippen LogP contribution >= 0.6 is 15.9 Å². The summed E-state index contributed by atoms with van der Waals surface area (Å²) in [5.74, 6) is 0.380. The molecule has 1 N–H and O–H groups in total. The number of methoxy groups -OCH3 is 1. The number of ether oxygens (including phenoxy) is 2. The number of hydrogen-bond donors (Lipinski definition) is 1. The molecule has 1 aromatic carbocycles. The Kier molecular flexibility index (Phi) is 6.29. The molecule has 1 aliphatic rings. The number of benzene rings is 1. The summed E-state index contributed by atoms with van der Waals surface area (Å²) in [5, 5.41) is 0.611. The minimum absolute atomic E-state index is 0.0130. The normalized spacial score (nSPS) is 14.3. The van der Waals surface area contributed by atoms with Gasteiger partial charge in [-0.15, -0.1) is 0 Å². The second-order valence-electron chi connectivity index (χ2n) is 5.42. The van der Waals surface area contributed by atoms with Gasteiger partial charge in [-0.25, -0.2) is 13.2 Å². The lowest BCUT2D eigenvalue weighted by Gasteiger charge is -2.14. The van der Waals surface area contributed by atoms with Gasteiger partial charge in [0.2, 0.25) is 10.0 Å². The van der Waals surface area contributed by atoms with Crippen molar-refractivity contribution in [2.24, 2.45) is 5.92 Å². The van der Waals surface area contributed by atoms with Crippen molar-refractivity contribution in [1.29, 1.82) is 0 Å². The van der Waals surface area contributed by atoms with Crippen LogP contribution in [0, 0.1) is 5.92 Å². The van der Waals surface area contributed by atoms with Crippen molar-refractivity contribution in [1.82, 2.24) is 0 Å². The van der Waals surface area contributed by atoms with E-state index >= 15 is 0 Å². The average molecular weight is 406 g/mol. The first-order chi connectivity index (χ1) is 10.9. The third kappa shape index (κ3) is 5.69. The number of halogens is 1. The number of sulfonamides is 1. The van der Waals surface area contributed by atoms with Crippen LogP contribution in [0.3, 0.4) is 0 Å². The molecule has 0 atom stereocenters. The third-order valence-corrected chi connectivity index (χ3v) is 5.30. The van der Waals surface area contributed by atoms with Gasteiger partial charge >= 0.3 is 5.97 Å². The standard InChI is InChI=1S/C15H20BrNO5S/c1-21-15(18)12-5-6-13(17-23(19,20)8-2-7-16)14(9-12)22-10-11-3-4-11/h5-6,9,11,17H,2-4,7-8,10H2,1H3. The molecule has 0 amide bonds. The Morgan fingerprint density at radius 2 is 2.13 bits per heavy atom. The summed E-state index contributed by atoms with van der Waals surface area (Å²) in [7, 11) is -2.16. The maximum atomic E-state index is 12.1.